The quantitative estimate of drug-likeness (QED) is 0.746. The molecule has 0 saturated carbocycles. The minimum Gasteiger partial charge on any atom is -0.313 e. The molecule has 1 aliphatic heterocycles. The zero-order chi connectivity index (χ0) is 9.80. The fourth-order valence-electron chi connectivity index (χ4n) is 1.71. The third-order valence-corrected chi connectivity index (χ3v) is 2.81. The molecule has 0 aliphatic carbocycles. The zero-order valence-electron chi connectivity index (χ0n) is 8.09. The standard InChI is InChI=1S/C12H14ClN/c13-12-6-2-1-5-11(12)8-10-4-3-7-14-9-10/h1-2,5-6,8,14H,3-4,7,9H2/b10-8-. The van der Waals surface area contributed by atoms with Crippen molar-refractivity contribution in [3.05, 3.63) is 40.4 Å². The number of benzene rings is 1. The molecule has 0 amide bonds. The number of hydrogen-bond acceptors (Lipinski definition) is 1. The molecule has 14 heavy (non-hydrogen) atoms. The molecule has 1 aromatic rings. The molecule has 2 rings (SSSR count). The van der Waals surface area contributed by atoms with Crippen molar-refractivity contribution in [1.29, 1.82) is 0 Å². The van der Waals surface area contributed by atoms with Crippen LogP contribution in [-0.4, -0.2) is 13.1 Å². The second-order valence-electron chi connectivity index (χ2n) is 3.60. The Morgan fingerprint density at radius 3 is 2.86 bits per heavy atom. The van der Waals surface area contributed by atoms with Gasteiger partial charge in [0.2, 0.25) is 0 Å². The average molecular weight is 208 g/mol. The molecule has 0 atom stereocenters. The van der Waals surface area contributed by atoms with Crippen molar-refractivity contribution in [1.82, 2.24) is 5.32 Å². The average Bonchev–Trinajstić information content (AvgIpc) is 2.23. The lowest BCUT2D eigenvalue weighted by Gasteiger charge is -2.15. The fraction of sp³-hybridized carbons (Fsp3) is 0.333. The van der Waals surface area contributed by atoms with Crippen LogP contribution in [-0.2, 0) is 0 Å². The van der Waals surface area contributed by atoms with Crippen LogP contribution in [0.5, 0.6) is 0 Å². The van der Waals surface area contributed by atoms with Crippen LogP contribution in [0.3, 0.4) is 0 Å². The molecule has 0 spiro atoms. The van der Waals surface area contributed by atoms with E-state index < -0.39 is 0 Å². The first kappa shape index (κ1) is 9.75. The van der Waals surface area contributed by atoms with Crippen molar-refractivity contribution in [2.45, 2.75) is 12.8 Å². The molecule has 1 aromatic carbocycles. The molecule has 0 radical (unpaired) electrons. The fourth-order valence-corrected chi connectivity index (χ4v) is 1.90. The van der Waals surface area contributed by atoms with Crippen molar-refractivity contribution in [3.8, 4) is 0 Å². The lowest BCUT2D eigenvalue weighted by Crippen LogP contribution is -2.23. The minimum absolute atomic E-state index is 0.838. The molecule has 1 saturated heterocycles. The van der Waals surface area contributed by atoms with Crippen molar-refractivity contribution in [3.63, 3.8) is 0 Å². The Morgan fingerprint density at radius 1 is 1.29 bits per heavy atom. The Morgan fingerprint density at radius 2 is 2.14 bits per heavy atom. The van der Waals surface area contributed by atoms with E-state index in [2.05, 4.69) is 17.5 Å². The third kappa shape index (κ3) is 2.37. The maximum absolute atomic E-state index is 6.08. The monoisotopic (exact) mass is 207 g/mol. The first-order valence-corrected chi connectivity index (χ1v) is 5.39. The van der Waals surface area contributed by atoms with E-state index in [1.807, 2.05) is 18.2 Å². The van der Waals surface area contributed by atoms with Crippen LogP contribution in [0, 0.1) is 0 Å². The molecule has 1 aliphatic rings. The Balaban J connectivity index is 2.19. The van der Waals surface area contributed by atoms with E-state index in [0.29, 0.717) is 0 Å². The van der Waals surface area contributed by atoms with E-state index in [1.54, 1.807) is 0 Å². The maximum atomic E-state index is 6.08. The molecular weight excluding hydrogens is 194 g/mol. The molecule has 1 heterocycles. The first-order valence-electron chi connectivity index (χ1n) is 5.01. The first-order chi connectivity index (χ1) is 6.86. The molecular formula is C12H14ClN. The zero-order valence-corrected chi connectivity index (χ0v) is 8.85. The van der Waals surface area contributed by atoms with Crippen LogP contribution < -0.4 is 5.32 Å². The van der Waals surface area contributed by atoms with Gasteiger partial charge in [0.15, 0.2) is 0 Å². The highest BCUT2D eigenvalue weighted by Crippen LogP contribution is 2.20. The third-order valence-electron chi connectivity index (χ3n) is 2.47. The van der Waals surface area contributed by atoms with Gasteiger partial charge in [-0.1, -0.05) is 41.4 Å². The van der Waals surface area contributed by atoms with Gasteiger partial charge in [-0.05, 0) is 31.0 Å². The summed E-state index contributed by atoms with van der Waals surface area (Å²) < 4.78 is 0. The van der Waals surface area contributed by atoms with Gasteiger partial charge in [-0.3, -0.25) is 0 Å². The minimum atomic E-state index is 0.838. The van der Waals surface area contributed by atoms with E-state index in [1.165, 1.54) is 18.4 Å². The van der Waals surface area contributed by atoms with Crippen molar-refractivity contribution in [2.75, 3.05) is 13.1 Å². The summed E-state index contributed by atoms with van der Waals surface area (Å²) in [7, 11) is 0. The summed E-state index contributed by atoms with van der Waals surface area (Å²) in [6, 6.07) is 7.98. The Bertz CT molecular complexity index is 336. The molecule has 0 aromatic heterocycles. The van der Waals surface area contributed by atoms with Crippen molar-refractivity contribution < 1.29 is 0 Å². The SMILES string of the molecule is Clc1ccccc1/C=C1/CCCNC1. The largest absolute Gasteiger partial charge is 0.313 e. The number of halogens is 1. The molecule has 0 bridgehead atoms. The molecule has 1 nitrogen and oxygen atoms in total. The highest BCUT2D eigenvalue weighted by Gasteiger charge is 2.04. The van der Waals surface area contributed by atoms with Gasteiger partial charge in [-0.15, -0.1) is 0 Å². The Kier molecular flexibility index (Phi) is 3.22. The van der Waals surface area contributed by atoms with Gasteiger partial charge in [0.25, 0.3) is 0 Å². The topological polar surface area (TPSA) is 12.0 Å². The predicted molar refractivity (Wildman–Crippen MR) is 61.5 cm³/mol. The van der Waals surface area contributed by atoms with Gasteiger partial charge >= 0.3 is 0 Å². The summed E-state index contributed by atoms with van der Waals surface area (Å²) >= 11 is 6.08. The molecule has 0 unspecified atom stereocenters. The van der Waals surface area contributed by atoms with E-state index in [9.17, 15) is 0 Å². The highest BCUT2D eigenvalue weighted by atomic mass is 35.5. The summed E-state index contributed by atoms with van der Waals surface area (Å²) in [6.07, 6.45) is 4.63. The van der Waals surface area contributed by atoms with Gasteiger partial charge < -0.3 is 5.32 Å². The lowest BCUT2D eigenvalue weighted by atomic mass is 10.0. The smallest absolute Gasteiger partial charge is 0.0478 e. The molecule has 1 N–H and O–H groups in total. The molecule has 74 valence electrons. The summed E-state index contributed by atoms with van der Waals surface area (Å²) in [6.45, 7) is 2.14. The van der Waals surface area contributed by atoms with E-state index in [-0.39, 0.29) is 0 Å². The number of piperidine rings is 1. The Hall–Kier alpha value is -0.790. The highest BCUT2D eigenvalue weighted by molar-refractivity contribution is 6.32. The van der Waals surface area contributed by atoms with Crippen LogP contribution in [0.25, 0.3) is 6.08 Å². The number of rotatable bonds is 1. The number of nitrogens with one attached hydrogen (secondary N) is 1. The summed E-state index contributed by atoms with van der Waals surface area (Å²) in [5.41, 5.74) is 2.58. The summed E-state index contributed by atoms with van der Waals surface area (Å²) in [5.74, 6) is 0. The summed E-state index contributed by atoms with van der Waals surface area (Å²) in [5, 5.41) is 4.20. The summed E-state index contributed by atoms with van der Waals surface area (Å²) in [4.78, 5) is 0. The molecule has 2 heteroatoms. The van der Waals surface area contributed by atoms with Gasteiger partial charge in [-0.25, -0.2) is 0 Å². The van der Waals surface area contributed by atoms with Gasteiger partial charge in [0.05, 0.1) is 0 Å². The second-order valence-corrected chi connectivity index (χ2v) is 4.01. The van der Waals surface area contributed by atoms with Crippen LogP contribution in [0.4, 0.5) is 0 Å². The van der Waals surface area contributed by atoms with Crippen LogP contribution in [0.1, 0.15) is 18.4 Å². The normalized spacial score (nSPS) is 19.9. The van der Waals surface area contributed by atoms with Gasteiger partial charge in [-0.2, -0.15) is 0 Å². The van der Waals surface area contributed by atoms with Gasteiger partial charge in [0.1, 0.15) is 0 Å². The Labute approximate surface area is 89.8 Å². The van der Waals surface area contributed by atoms with Crippen molar-refractivity contribution >= 4 is 17.7 Å². The lowest BCUT2D eigenvalue weighted by molar-refractivity contribution is 0.613. The predicted octanol–water partition coefficient (Wildman–Crippen LogP) is 3.11. The van der Waals surface area contributed by atoms with Crippen LogP contribution in [0.2, 0.25) is 5.02 Å². The van der Waals surface area contributed by atoms with E-state index >= 15 is 0 Å². The van der Waals surface area contributed by atoms with Gasteiger partial charge in [0, 0.05) is 11.6 Å². The van der Waals surface area contributed by atoms with Crippen LogP contribution >= 0.6 is 11.6 Å². The van der Waals surface area contributed by atoms with E-state index in [4.69, 9.17) is 11.6 Å². The van der Waals surface area contributed by atoms with E-state index in [0.717, 1.165) is 23.7 Å². The molecule has 1 fully saturated rings. The van der Waals surface area contributed by atoms with Crippen LogP contribution in [0.15, 0.2) is 29.8 Å². The number of hydrogen-bond donors (Lipinski definition) is 1. The maximum Gasteiger partial charge on any atom is 0.0478 e. The van der Waals surface area contributed by atoms with Crippen molar-refractivity contribution in [2.24, 2.45) is 0 Å². The second kappa shape index (κ2) is 4.63.